The maximum Gasteiger partial charge on any atom is 0.271 e. The number of aliphatic hydroxyl groups is 2. The number of hydrogen-bond donors (Lipinski definition) is 4. The van der Waals surface area contributed by atoms with Gasteiger partial charge in [0.25, 0.3) is 5.91 Å². The number of amides is 2. The Labute approximate surface area is 208 Å². The van der Waals surface area contributed by atoms with Gasteiger partial charge in [-0.3, -0.25) is 14.6 Å². The van der Waals surface area contributed by atoms with E-state index in [1.165, 1.54) is 17.5 Å². The lowest BCUT2D eigenvalue weighted by Crippen LogP contribution is -2.52. The Morgan fingerprint density at radius 1 is 1.23 bits per heavy atom. The molecule has 1 saturated carbocycles. The Morgan fingerprint density at radius 2 is 1.94 bits per heavy atom. The molecule has 4 rings (SSSR count). The molecule has 2 heterocycles. The molecule has 0 radical (unpaired) electrons. The van der Waals surface area contributed by atoms with Crippen molar-refractivity contribution in [1.82, 2.24) is 15.3 Å². The van der Waals surface area contributed by atoms with Crippen molar-refractivity contribution in [2.75, 3.05) is 0 Å². The van der Waals surface area contributed by atoms with Crippen molar-refractivity contribution < 1.29 is 19.8 Å². The van der Waals surface area contributed by atoms with E-state index in [9.17, 15) is 19.8 Å². The number of nitrogens with two attached hydrogens (primary N) is 1. The van der Waals surface area contributed by atoms with Crippen LogP contribution in [-0.4, -0.2) is 49.7 Å². The summed E-state index contributed by atoms with van der Waals surface area (Å²) in [7, 11) is 0. The van der Waals surface area contributed by atoms with E-state index in [4.69, 9.17) is 5.73 Å². The first kappa shape index (κ1) is 25.2. The van der Waals surface area contributed by atoms with Crippen LogP contribution in [0.25, 0.3) is 11.0 Å². The molecule has 5 N–H and O–H groups in total. The topological polar surface area (TPSA) is 138 Å². The standard InChI is InChI=1S/C26H32N4O4S/c1-16-6-9-26(34,10-7-16)18(24(27)32)13-23(31)21(12-17-8-11-35-15-17)30-25(33)22-14-28-19-4-2-3-5-20(19)29-22/h2-5,8,11,14-16,18,21,23,31,34H,6-7,9-10,12-13H2,1H3,(H2,27,32)(H,30,33). The molecule has 2 amide bonds. The highest BCUT2D eigenvalue weighted by molar-refractivity contribution is 7.07. The van der Waals surface area contributed by atoms with Gasteiger partial charge in [-0.1, -0.05) is 19.1 Å². The molecule has 8 nitrogen and oxygen atoms in total. The number of carbonyl (C=O) groups excluding carboxylic acids is 2. The van der Waals surface area contributed by atoms with Gasteiger partial charge in [0.1, 0.15) is 5.69 Å². The zero-order chi connectivity index (χ0) is 25.0. The van der Waals surface area contributed by atoms with Gasteiger partial charge in [0.2, 0.25) is 5.91 Å². The minimum absolute atomic E-state index is 0.0430. The molecule has 2 aromatic heterocycles. The normalized spacial score (nSPS) is 22.9. The molecule has 1 aromatic carbocycles. The van der Waals surface area contributed by atoms with Gasteiger partial charge < -0.3 is 21.3 Å². The lowest BCUT2D eigenvalue weighted by atomic mass is 9.70. The van der Waals surface area contributed by atoms with E-state index in [2.05, 4.69) is 22.2 Å². The lowest BCUT2D eigenvalue weighted by Gasteiger charge is -2.41. The number of para-hydroxylation sites is 2. The SMILES string of the molecule is CC1CCC(O)(C(CC(O)C(Cc2ccsc2)NC(=O)c2cnc3ccccc3n2)C(N)=O)CC1. The summed E-state index contributed by atoms with van der Waals surface area (Å²) in [6, 6.07) is 8.48. The molecule has 0 aliphatic heterocycles. The van der Waals surface area contributed by atoms with Gasteiger partial charge in [-0.25, -0.2) is 4.98 Å². The van der Waals surface area contributed by atoms with E-state index in [0.29, 0.717) is 36.2 Å². The fourth-order valence-corrected chi connectivity index (χ4v) is 5.55. The number of benzene rings is 1. The summed E-state index contributed by atoms with van der Waals surface area (Å²) < 4.78 is 0. The van der Waals surface area contributed by atoms with Crippen molar-refractivity contribution in [3.63, 3.8) is 0 Å². The van der Waals surface area contributed by atoms with E-state index in [1.54, 1.807) is 6.07 Å². The highest BCUT2D eigenvalue weighted by atomic mass is 32.1. The molecular formula is C26H32N4O4S. The number of fused-ring (bicyclic) bond motifs is 1. The zero-order valence-corrected chi connectivity index (χ0v) is 20.6. The van der Waals surface area contributed by atoms with E-state index >= 15 is 0 Å². The van der Waals surface area contributed by atoms with Crippen LogP contribution in [0.1, 0.15) is 55.1 Å². The average molecular weight is 497 g/mol. The number of rotatable bonds is 9. The van der Waals surface area contributed by atoms with Crippen molar-refractivity contribution in [3.05, 3.63) is 58.5 Å². The number of nitrogens with one attached hydrogen (secondary N) is 1. The smallest absolute Gasteiger partial charge is 0.271 e. The minimum atomic E-state index is -1.25. The molecule has 1 aliphatic carbocycles. The van der Waals surface area contributed by atoms with Gasteiger partial charge in [0, 0.05) is 0 Å². The first-order chi connectivity index (χ1) is 16.7. The van der Waals surface area contributed by atoms with E-state index in [-0.39, 0.29) is 12.1 Å². The van der Waals surface area contributed by atoms with Crippen molar-refractivity contribution in [2.45, 2.75) is 63.2 Å². The van der Waals surface area contributed by atoms with Crippen LogP contribution in [-0.2, 0) is 11.2 Å². The van der Waals surface area contributed by atoms with Crippen LogP contribution in [0.5, 0.6) is 0 Å². The number of hydrogen-bond acceptors (Lipinski definition) is 7. The molecule has 3 aromatic rings. The molecular weight excluding hydrogens is 464 g/mol. The van der Waals surface area contributed by atoms with Crippen molar-refractivity contribution in [3.8, 4) is 0 Å². The maximum atomic E-state index is 13.1. The van der Waals surface area contributed by atoms with Crippen LogP contribution >= 0.6 is 11.3 Å². The predicted octanol–water partition coefficient (Wildman–Crippen LogP) is 2.83. The number of thiophene rings is 1. The van der Waals surface area contributed by atoms with Gasteiger partial charge in [0.05, 0.1) is 40.9 Å². The summed E-state index contributed by atoms with van der Waals surface area (Å²) in [6.45, 7) is 2.12. The van der Waals surface area contributed by atoms with Crippen LogP contribution in [0.3, 0.4) is 0 Å². The van der Waals surface area contributed by atoms with E-state index < -0.39 is 35.5 Å². The highest BCUT2D eigenvalue weighted by Gasteiger charge is 2.44. The predicted molar refractivity (Wildman–Crippen MR) is 135 cm³/mol. The van der Waals surface area contributed by atoms with Crippen LogP contribution in [0.15, 0.2) is 47.3 Å². The second-order valence-electron chi connectivity index (χ2n) is 9.70. The monoisotopic (exact) mass is 496 g/mol. The highest BCUT2D eigenvalue weighted by Crippen LogP contribution is 2.39. The second kappa shape index (κ2) is 10.8. The molecule has 3 atom stereocenters. The molecule has 35 heavy (non-hydrogen) atoms. The summed E-state index contributed by atoms with van der Waals surface area (Å²) in [6.07, 6.45) is 3.14. The zero-order valence-electron chi connectivity index (χ0n) is 19.8. The van der Waals surface area contributed by atoms with E-state index in [1.807, 2.05) is 35.0 Å². The fraction of sp³-hybridized carbons (Fsp3) is 0.462. The van der Waals surface area contributed by atoms with Crippen molar-refractivity contribution in [2.24, 2.45) is 17.6 Å². The van der Waals surface area contributed by atoms with Crippen LogP contribution in [0.2, 0.25) is 0 Å². The van der Waals surface area contributed by atoms with Gasteiger partial charge in [-0.2, -0.15) is 11.3 Å². The number of nitrogens with zero attached hydrogens (tertiary/aromatic N) is 2. The fourth-order valence-electron chi connectivity index (χ4n) is 4.87. The van der Waals surface area contributed by atoms with Crippen molar-refractivity contribution >= 4 is 34.2 Å². The molecule has 0 bridgehead atoms. The first-order valence-electron chi connectivity index (χ1n) is 12.0. The molecule has 0 spiro atoms. The Hall–Kier alpha value is -2.88. The summed E-state index contributed by atoms with van der Waals surface area (Å²) in [5.74, 6) is -1.54. The van der Waals surface area contributed by atoms with Crippen LogP contribution in [0, 0.1) is 11.8 Å². The van der Waals surface area contributed by atoms with Gasteiger partial charge >= 0.3 is 0 Å². The molecule has 3 unspecified atom stereocenters. The quantitative estimate of drug-likeness (QED) is 0.359. The Bertz CT molecular complexity index is 1160. The molecule has 9 heteroatoms. The Balaban J connectivity index is 1.53. The average Bonchev–Trinajstić information content (AvgIpc) is 3.36. The summed E-state index contributed by atoms with van der Waals surface area (Å²) in [5, 5.41) is 29.2. The van der Waals surface area contributed by atoms with Gasteiger partial charge in [-0.05, 0) is 79.0 Å². The van der Waals surface area contributed by atoms with E-state index in [0.717, 1.165) is 18.4 Å². The minimum Gasteiger partial charge on any atom is -0.391 e. The Kier molecular flexibility index (Phi) is 7.78. The van der Waals surface area contributed by atoms with Crippen molar-refractivity contribution in [1.29, 1.82) is 0 Å². The summed E-state index contributed by atoms with van der Waals surface area (Å²) >= 11 is 1.52. The van der Waals surface area contributed by atoms with Crippen LogP contribution < -0.4 is 11.1 Å². The number of primary amides is 1. The molecule has 1 fully saturated rings. The second-order valence-corrected chi connectivity index (χ2v) is 10.5. The first-order valence-corrected chi connectivity index (χ1v) is 12.9. The number of aromatic nitrogens is 2. The maximum absolute atomic E-state index is 13.1. The number of carbonyl (C=O) groups is 2. The Morgan fingerprint density at radius 3 is 2.60 bits per heavy atom. The van der Waals surface area contributed by atoms with Crippen LogP contribution in [0.4, 0.5) is 0 Å². The molecule has 0 saturated heterocycles. The third-order valence-corrected chi connectivity index (χ3v) is 7.84. The van der Waals surface area contributed by atoms with Gasteiger partial charge in [0.15, 0.2) is 0 Å². The molecule has 186 valence electrons. The lowest BCUT2D eigenvalue weighted by molar-refractivity contribution is -0.138. The largest absolute Gasteiger partial charge is 0.391 e. The third-order valence-electron chi connectivity index (χ3n) is 7.11. The van der Waals surface area contributed by atoms with Gasteiger partial charge in [-0.15, -0.1) is 0 Å². The third kappa shape index (κ3) is 6.04. The summed E-state index contributed by atoms with van der Waals surface area (Å²) in [4.78, 5) is 34.2. The summed E-state index contributed by atoms with van der Waals surface area (Å²) in [5.41, 5.74) is 6.81. The molecule has 1 aliphatic rings. The number of aliphatic hydroxyl groups excluding tert-OH is 1.